The molecule has 0 bridgehead atoms. The highest BCUT2D eigenvalue weighted by Gasteiger charge is 2.19. The Balaban J connectivity index is 1.55. The number of nitrogens with zero attached hydrogens (tertiary/aromatic N) is 1. The number of amides is 1. The van der Waals surface area contributed by atoms with Gasteiger partial charge in [-0.1, -0.05) is 42.5 Å². The molecule has 1 unspecified atom stereocenters. The number of carbonyl (C=O) groups is 1. The first kappa shape index (κ1) is 20.5. The fourth-order valence-electron chi connectivity index (χ4n) is 3.16. The minimum atomic E-state index is -2.73. The first-order valence-corrected chi connectivity index (χ1v) is 9.52. The monoisotopic (exact) mass is 425 g/mol. The number of aromatic amines is 1. The third-order valence-electron chi connectivity index (χ3n) is 4.72. The van der Waals surface area contributed by atoms with Crippen LogP contribution in [0.25, 0.3) is 11.0 Å². The molecule has 0 fully saturated rings. The summed E-state index contributed by atoms with van der Waals surface area (Å²) in [5, 5.41) is 2.86. The van der Waals surface area contributed by atoms with Crippen LogP contribution in [0.4, 0.5) is 13.2 Å². The third kappa shape index (κ3) is 4.69. The van der Waals surface area contributed by atoms with Crippen LogP contribution >= 0.6 is 0 Å². The van der Waals surface area contributed by atoms with E-state index in [0.717, 1.165) is 5.56 Å². The molecule has 2 N–H and O–H groups in total. The number of hydrogen-bond acceptors (Lipinski definition) is 3. The van der Waals surface area contributed by atoms with Gasteiger partial charge in [-0.25, -0.2) is 18.2 Å². The molecule has 158 valence electrons. The van der Waals surface area contributed by atoms with E-state index in [4.69, 9.17) is 4.74 Å². The van der Waals surface area contributed by atoms with Gasteiger partial charge < -0.3 is 15.0 Å². The van der Waals surface area contributed by atoms with Gasteiger partial charge in [-0.05, 0) is 35.9 Å². The van der Waals surface area contributed by atoms with Crippen molar-refractivity contribution in [2.45, 2.75) is 12.5 Å². The van der Waals surface area contributed by atoms with Gasteiger partial charge in [0.15, 0.2) is 17.4 Å². The number of para-hydroxylation sites is 1. The highest BCUT2D eigenvalue weighted by molar-refractivity contribution is 5.97. The number of rotatable bonds is 7. The van der Waals surface area contributed by atoms with Gasteiger partial charge in [-0.3, -0.25) is 4.79 Å². The van der Waals surface area contributed by atoms with Crippen molar-refractivity contribution >= 4 is 16.9 Å². The van der Waals surface area contributed by atoms with Gasteiger partial charge in [0, 0.05) is 5.56 Å². The second kappa shape index (κ2) is 8.91. The van der Waals surface area contributed by atoms with E-state index in [2.05, 4.69) is 15.3 Å². The van der Waals surface area contributed by atoms with Gasteiger partial charge in [0.2, 0.25) is 0 Å². The van der Waals surface area contributed by atoms with Crippen LogP contribution in [0.3, 0.4) is 0 Å². The van der Waals surface area contributed by atoms with E-state index in [0.29, 0.717) is 11.0 Å². The van der Waals surface area contributed by atoms with Crippen LogP contribution in [0.1, 0.15) is 34.2 Å². The lowest BCUT2D eigenvalue weighted by atomic mass is 10.1. The Morgan fingerprint density at radius 1 is 1.03 bits per heavy atom. The van der Waals surface area contributed by atoms with Crippen LogP contribution in [-0.2, 0) is 0 Å². The molecule has 1 atom stereocenters. The predicted octanol–water partition coefficient (Wildman–Crippen LogP) is 5.19. The number of carbonyl (C=O) groups excluding carboxylic acids is 1. The largest absolute Gasteiger partial charge is 0.488 e. The van der Waals surface area contributed by atoms with Crippen molar-refractivity contribution < 1.29 is 22.7 Å². The van der Waals surface area contributed by atoms with Crippen LogP contribution in [0, 0.1) is 5.82 Å². The Labute approximate surface area is 175 Å². The maximum Gasteiger partial charge on any atom is 0.295 e. The zero-order valence-electron chi connectivity index (χ0n) is 16.2. The van der Waals surface area contributed by atoms with Gasteiger partial charge in [-0.2, -0.15) is 0 Å². The van der Waals surface area contributed by atoms with E-state index in [1.165, 1.54) is 30.3 Å². The maximum atomic E-state index is 13.9. The lowest BCUT2D eigenvalue weighted by molar-refractivity contribution is 0.0920. The SMILES string of the molecule is O=C(NC(COc1ccccc1F)c1ccccc1)c1ccc2nc(C(F)F)[nH]c2c1. The van der Waals surface area contributed by atoms with Crippen LogP contribution in [0.2, 0.25) is 0 Å². The Morgan fingerprint density at radius 2 is 1.77 bits per heavy atom. The summed E-state index contributed by atoms with van der Waals surface area (Å²) < 4.78 is 45.2. The molecule has 0 aliphatic carbocycles. The van der Waals surface area contributed by atoms with Crippen molar-refractivity contribution in [1.29, 1.82) is 0 Å². The van der Waals surface area contributed by atoms with Crippen LogP contribution in [0.5, 0.6) is 5.75 Å². The highest BCUT2D eigenvalue weighted by atomic mass is 19.3. The summed E-state index contributed by atoms with van der Waals surface area (Å²) in [6.45, 7) is -0.00147. The van der Waals surface area contributed by atoms with Crippen molar-refractivity contribution in [2.75, 3.05) is 6.61 Å². The average Bonchev–Trinajstić information content (AvgIpc) is 3.22. The molecular formula is C23H18F3N3O2. The van der Waals surface area contributed by atoms with E-state index in [1.54, 1.807) is 12.1 Å². The Hall–Kier alpha value is -3.81. The van der Waals surface area contributed by atoms with Crippen molar-refractivity contribution in [3.63, 3.8) is 0 Å². The third-order valence-corrected chi connectivity index (χ3v) is 4.72. The fraction of sp³-hybridized carbons (Fsp3) is 0.130. The van der Waals surface area contributed by atoms with E-state index < -0.39 is 30.0 Å². The van der Waals surface area contributed by atoms with Gasteiger partial charge in [0.25, 0.3) is 12.3 Å². The van der Waals surface area contributed by atoms with E-state index in [1.807, 2.05) is 30.3 Å². The molecule has 8 heteroatoms. The normalized spacial score (nSPS) is 12.1. The van der Waals surface area contributed by atoms with Crippen molar-refractivity contribution in [2.24, 2.45) is 0 Å². The van der Waals surface area contributed by atoms with Gasteiger partial charge >= 0.3 is 0 Å². The number of hydrogen-bond donors (Lipinski definition) is 2. The maximum absolute atomic E-state index is 13.9. The molecule has 31 heavy (non-hydrogen) atoms. The summed E-state index contributed by atoms with van der Waals surface area (Å²) >= 11 is 0. The molecule has 0 saturated heterocycles. The average molecular weight is 425 g/mol. The topological polar surface area (TPSA) is 67.0 Å². The summed E-state index contributed by atoms with van der Waals surface area (Å²) in [5.74, 6) is -1.30. The minimum Gasteiger partial charge on any atom is -0.488 e. The van der Waals surface area contributed by atoms with Crippen molar-refractivity contribution in [3.8, 4) is 5.75 Å². The summed E-state index contributed by atoms with van der Waals surface area (Å²) in [4.78, 5) is 19.2. The molecule has 1 heterocycles. The molecule has 0 saturated carbocycles. The summed E-state index contributed by atoms with van der Waals surface area (Å²) in [7, 11) is 0. The first-order valence-electron chi connectivity index (χ1n) is 9.52. The number of halogens is 3. The summed E-state index contributed by atoms with van der Waals surface area (Å²) in [6.07, 6.45) is -2.73. The van der Waals surface area contributed by atoms with E-state index >= 15 is 0 Å². The molecule has 0 radical (unpaired) electrons. The lowest BCUT2D eigenvalue weighted by Gasteiger charge is -2.20. The van der Waals surface area contributed by atoms with E-state index in [-0.39, 0.29) is 17.9 Å². The fourth-order valence-corrected chi connectivity index (χ4v) is 3.16. The van der Waals surface area contributed by atoms with Crippen LogP contribution in [0.15, 0.2) is 72.8 Å². The quantitative estimate of drug-likeness (QED) is 0.428. The Kier molecular flexibility index (Phi) is 5.88. The number of ether oxygens (including phenoxy) is 1. The molecule has 0 spiro atoms. The van der Waals surface area contributed by atoms with Gasteiger partial charge in [0.05, 0.1) is 17.1 Å². The second-order valence-electron chi connectivity index (χ2n) is 6.83. The molecule has 4 rings (SSSR count). The number of alkyl halides is 2. The zero-order chi connectivity index (χ0) is 21.8. The van der Waals surface area contributed by atoms with Gasteiger partial charge in [0.1, 0.15) is 6.61 Å². The number of imidazole rings is 1. The second-order valence-corrected chi connectivity index (χ2v) is 6.83. The molecule has 4 aromatic rings. The molecule has 0 aliphatic rings. The molecule has 1 amide bonds. The molecule has 0 aliphatic heterocycles. The number of aromatic nitrogens is 2. The summed E-state index contributed by atoms with van der Waals surface area (Å²) in [6, 6.07) is 19.0. The standard InChI is InChI=1S/C23H18F3N3O2/c24-16-8-4-5-9-20(16)31-13-19(14-6-2-1-3-7-14)29-23(30)15-10-11-17-18(12-15)28-22(27-17)21(25)26/h1-12,19,21H,13H2,(H,27,28)(H,29,30). The zero-order valence-corrected chi connectivity index (χ0v) is 16.2. The Bertz CT molecular complexity index is 1200. The van der Waals surface area contributed by atoms with E-state index in [9.17, 15) is 18.0 Å². The van der Waals surface area contributed by atoms with Crippen LogP contribution in [-0.4, -0.2) is 22.5 Å². The smallest absolute Gasteiger partial charge is 0.295 e. The molecule has 3 aromatic carbocycles. The highest BCUT2D eigenvalue weighted by Crippen LogP contribution is 2.22. The van der Waals surface area contributed by atoms with Crippen LogP contribution < -0.4 is 10.1 Å². The molecule has 5 nitrogen and oxygen atoms in total. The lowest BCUT2D eigenvalue weighted by Crippen LogP contribution is -2.32. The number of H-pyrrole nitrogens is 1. The van der Waals surface area contributed by atoms with Crippen molar-refractivity contribution in [3.05, 3.63) is 95.6 Å². The van der Waals surface area contributed by atoms with Gasteiger partial charge in [-0.15, -0.1) is 0 Å². The number of benzene rings is 3. The number of fused-ring (bicyclic) bond motifs is 1. The predicted molar refractivity (Wildman–Crippen MR) is 110 cm³/mol. The molecule has 1 aromatic heterocycles. The Morgan fingerprint density at radius 3 is 2.52 bits per heavy atom. The number of nitrogens with one attached hydrogen (secondary N) is 2. The minimum absolute atomic E-state index is 0.00147. The van der Waals surface area contributed by atoms with Crippen molar-refractivity contribution in [1.82, 2.24) is 15.3 Å². The summed E-state index contributed by atoms with van der Waals surface area (Å²) in [5.41, 5.74) is 1.72. The molecular weight excluding hydrogens is 407 g/mol. The first-order chi connectivity index (χ1) is 15.0.